The van der Waals surface area contributed by atoms with Gasteiger partial charge in [0.1, 0.15) is 17.5 Å². The van der Waals surface area contributed by atoms with E-state index < -0.39 is 0 Å². The van der Waals surface area contributed by atoms with Crippen molar-refractivity contribution >= 4 is 5.91 Å². The molecule has 6 rings (SSSR count). The predicted octanol–water partition coefficient (Wildman–Crippen LogP) is 3.99. The Labute approximate surface area is 222 Å². The molecule has 7 nitrogen and oxygen atoms in total. The van der Waals surface area contributed by atoms with Gasteiger partial charge in [0.2, 0.25) is 5.91 Å². The van der Waals surface area contributed by atoms with E-state index >= 15 is 0 Å². The summed E-state index contributed by atoms with van der Waals surface area (Å²) in [5.74, 6) is 2.68. The first-order valence-electron chi connectivity index (χ1n) is 14.7. The van der Waals surface area contributed by atoms with Crippen molar-refractivity contribution in [3.8, 4) is 11.5 Å². The van der Waals surface area contributed by atoms with Crippen molar-refractivity contribution in [2.75, 3.05) is 40.5 Å². The Kier molecular flexibility index (Phi) is 7.39. The van der Waals surface area contributed by atoms with Crippen LogP contribution in [-0.2, 0) is 16.1 Å². The molecule has 3 atom stereocenters. The van der Waals surface area contributed by atoms with E-state index in [2.05, 4.69) is 21.2 Å². The Morgan fingerprint density at radius 3 is 2.59 bits per heavy atom. The average molecular weight is 512 g/mol. The zero-order valence-electron chi connectivity index (χ0n) is 22.8. The minimum absolute atomic E-state index is 0.144. The minimum atomic E-state index is -0.144. The molecule has 5 aliphatic rings. The van der Waals surface area contributed by atoms with Gasteiger partial charge in [0, 0.05) is 54.8 Å². The van der Waals surface area contributed by atoms with Crippen molar-refractivity contribution in [3.05, 3.63) is 23.8 Å². The quantitative estimate of drug-likeness (QED) is 0.513. The SMILES string of the molecule is COc1ccc(CN(C2CC2)[C@H](CNC2CC3(COC3)C2)C(=O)N2CCC[C@H]3CCCC[C@@H]32)c(OC)c1. The van der Waals surface area contributed by atoms with Crippen LogP contribution in [0.25, 0.3) is 0 Å². The zero-order chi connectivity index (χ0) is 25.4. The topological polar surface area (TPSA) is 63.3 Å². The van der Waals surface area contributed by atoms with Gasteiger partial charge in [0.25, 0.3) is 0 Å². The van der Waals surface area contributed by atoms with E-state index in [0.717, 1.165) is 69.2 Å². The van der Waals surface area contributed by atoms with E-state index in [4.69, 9.17) is 14.2 Å². The lowest BCUT2D eigenvalue weighted by Gasteiger charge is -2.54. The van der Waals surface area contributed by atoms with Gasteiger partial charge in [-0.2, -0.15) is 0 Å². The Bertz CT molecular complexity index is 952. The van der Waals surface area contributed by atoms with Crippen LogP contribution in [-0.4, -0.2) is 80.4 Å². The van der Waals surface area contributed by atoms with Crippen LogP contribution in [0.3, 0.4) is 0 Å². The number of nitrogens with one attached hydrogen (secondary N) is 1. The number of hydrogen-bond acceptors (Lipinski definition) is 6. The standard InChI is InChI=1S/C30H45N3O4/c1-35-25-12-9-22(28(14-25)36-2)18-33(24-10-11-24)27(17-31-23-15-30(16-23)19-37-20-30)29(34)32-13-5-7-21-6-3-4-8-26(21)32/h9,12,14,21,23-24,26-27,31H,3-8,10-11,13,15-20H2,1-2H3/t21-,26+,27-/m1/s1. The summed E-state index contributed by atoms with van der Waals surface area (Å²) in [6, 6.07) is 7.32. The van der Waals surface area contributed by atoms with Gasteiger partial charge >= 0.3 is 0 Å². The maximum Gasteiger partial charge on any atom is 0.241 e. The number of carbonyl (C=O) groups excluding carboxylic acids is 1. The Morgan fingerprint density at radius 1 is 1.11 bits per heavy atom. The molecule has 0 aromatic heterocycles. The molecule has 0 unspecified atom stereocenters. The molecule has 2 saturated heterocycles. The molecule has 1 N–H and O–H groups in total. The van der Waals surface area contributed by atoms with Crippen LogP contribution >= 0.6 is 0 Å². The molecule has 0 radical (unpaired) electrons. The molecule has 1 aromatic rings. The monoisotopic (exact) mass is 511 g/mol. The first-order valence-corrected chi connectivity index (χ1v) is 14.7. The van der Waals surface area contributed by atoms with Crippen LogP contribution in [0.5, 0.6) is 11.5 Å². The van der Waals surface area contributed by atoms with E-state index in [1.165, 1.54) is 44.9 Å². The molecule has 5 fully saturated rings. The number of amides is 1. The summed E-state index contributed by atoms with van der Waals surface area (Å²) in [7, 11) is 3.40. The van der Waals surface area contributed by atoms with Gasteiger partial charge < -0.3 is 24.4 Å². The van der Waals surface area contributed by atoms with Gasteiger partial charge in [-0.05, 0) is 63.4 Å². The molecule has 1 aromatic carbocycles. The first-order chi connectivity index (χ1) is 18.1. The number of hydrogen-bond donors (Lipinski definition) is 1. The number of ether oxygens (including phenoxy) is 3. The van der Waals surface area contributed by atoms with Crippen molar-refractivity contribution in [3.63, 3.8) is 0 Å². The average Bonchev–Trinajstić information content (AvgIpc) is 3.73. The van der Waals surface area contributed by atoms with Gasteiger partial charge in [-0.25, -0.2) is 0 Å². The van der Waals surface area contributed by atoms with E-state index in [0.29, 0.717) is 35.4 Å². The van der Waals surface area contributed by atoms with Crippen LogP contribution < -0.4 is 14.8 Å². The van der Waals surface area contributed by atoms with E-state index in [9.17, 15) is 4.79 Å². The summed E-state index contributed by atoms with van der Waals surface area (Å²) in [4.78, 5) is 19.3. The van der Waals surface area contributed by atoms with Gasteiger partial charge in [-0.1, -0.05) is 18.9 Å². The summed E-state index contributed by atoms with van der Waals surface area (Å²) in [5.41, 5.74) is 1.54. The number of methoxy groups -OCH3 is 2. The van der Waals surface area contributed by atoms with Gasteiger partial charge in [-0.15, -0.1) is 0 Å². The number of nitrogens with zero attached hydrogens (tertiary/aromatic N) is 2. The Hall–Kier alpha value is -1.83. The molecule has 3 saturated carbocycles. The lowest BCUT2D eigenvalue weighted by molar-refractivity contribution is -0.168. The molecule has 37 heavy (non-hydrogen) atoms. The highest BCUT2D eigenvalue weighted by atomic mass is 16.5. The maximum absolute atomic E-state index is 14.5. The first kappa shape index (κ1) is 25.4. The van der Waals surface area contributed by atoms with E-state index in [1.54, 1.807) is 14.2 Å². The number of rotatable bonds is 10. The normalized spacial score (nSPS) is 27.8. The Morgan fingerprint density at radius 2 is 1.89 bits per heavy atom. The zero-order valence-corrected chi connectivity index (χ0v) is 22.8. The van der Waals surface area contributed by atoms with Crippen molar-refractivity contribution in [2.24, 2.45) is 11.3 Å². The molecule has 1 amide bonds. The summed E-state index contributed by atoms with van der Waals surface area (Å²) in [6.45, 7) is 4.19. The van der Waals surface area contributed by atoms with Crippen LogP contribution in [0.1, 0.15) is 69.8 Å². The fourth-order valence-electron chi connectivity index (χ4n) is 7.55. The van der Waals surface area contributed by atoms with Crippen LogP contribution in [0.2, 0.25) is 0 Å². The van der Waals surface area contributed by atoms with E-state index in [1.807, 2.05) is 12.1 Å². The molecular weight excluding hydrogens is 466 g/mol. The number of likely N-dealkylation sites (tertiary alicyclic amines) is 1. The molecule has 2 aliphatic heterocycles. The van der Waals surface area contributed by atoms with Crippen LogP contribution in [0.4, 0.5) is 0 Å². The summed E-state index contributed by atoms with van der Waals surface area (Å²) < 4.78 is 16.7. The second-order valence-electron chi connectivity index (χ2n) is 12.4. The number of benzene rings is 1. The molecule has 2 heterocycles. The summed E-state index contributed by atoms with van der Waals surface area (Å²) in [5, 5.41) is 3.83. The molecule has 3 aliphatic carbocycles. The second-order valence-corrected chi connectivity index (χ2v) is 12.4. The molecule has 1 spiro atoms. The summed E-state index contributed by atoms with van der Waals surface area (Å²) >= 11 is 0. The smallest absolute Gasteiger partial charge is 0.241 e. The molecule has 7 heteroatoms. The summed E-state index contributed by atoms with van der Waals surface area (Å²) in [6.07, 6.45) is 12.2. The minimum Gasteiger partial charge on any atom is -0.497 e. The number of fused-ring (bicyclic) bond motifs is 1. The molecule has 204 valence electrons. The highest BCUT2D eigenvalue weighted by Crippen LogP contribution is 2.47. The van der Waals surface area contributed by atoms with Crippen LogP contribution in [0.15, 0.2) is 18.2 Å². The fourth-order valence-corrected chi connectivity index (χ4v) is 7.55. The predicted molar refractivity (Wildman–Crippen MR) is 143 cm³/mol. The van der Waals surface area contributed by atoms with E-state index in [-0.39, 0.29) is 6.04 Å². The lowest BCUT2D eigenvalue weighted by Crippen LogP contribution is -2.62. The second kappa shape index (κ2) is 10.7. The van der Waals surface area contributed by atoms with Crippen LogP contribution in [0, 0.1) is 11.3 Å². The van der Waals surface area contributed by atoms with Gasteiger partial charge in [0.05, 0.1) is 27.4 Å². The van der Waals surface area contributed by atoms with Crippen molar-refractivity contribution in [1.82, 2.24) is 15.1 Å². The molecular formula is C30H45N3O4. The van der Waals surface area contributed by atoms with Gasteiger partial charge in [-0.3, -0.25) is 9.69 Å². The number of carbonyl (C=O) groups is 1. The molecule has 0 bridgehead atoms. The highest BCUT2D eigenvalue weighted by Gasteiger charge is 2.50. The van der Waals surface area contributed by atoms with Gasteiger partial charge in [0.15, 0.2) is 0 Å². The largest absolute Gasteiger partial charge is 0.497 e. The van der Waals surface area contributed by atoms with Crippen molar-refractivity contribution < 1.29 is 19.0 Å². The third-order valence-corrected chi connectivity index (χ3v) is 9.85. The third-order valence-electron chi connectivity index (χ3n) is 9.85. The highest BCUT2D eigenvalue weighted by molar-refractivity contribution is 5.83. The maximum atomic E-state index is 14.5. The number of piperidine rings is 1. The lowest BCUT2D eigenvalue weighted by atomic mass is 9.64. The fraction of sp³-hybridized carbons (Fsp3) is 0.767. The Balaban J connectivity index is 1.23. The third kappa shape index (κ3) is 5.24. The van der Waals surface area contributed by atoms with Crippen molar-refractivity contribution in [1.29, 1.82) is 0 Å². The van der Waals surface area contributed by atoms with Crippen molar-refractivity contribution in [2.45, 2.75) is 94.9 Å².